The maximum absolute atomic E-state index is 11.0. The van der Waals surface area contributed by atoms with Gasteiger partial charge in [0, 0.05) is 26.2 Å². The van der Waals surface area contributed by atoms with Gasteiger partial charge in [-0.25, -0.2) is 0 Å². The van der Waals surface area contributed by atoms with Crippen molar-refractivity contribution in [3.8, 4) is 11.1 Å². The quantitative estimate of drug-likeness (QED) is 0.859. The Kier molecular flexibility index (Phi) is 5.32. The van der Waals surface area contributed by atoms with E-state index in [4.69, 9.17) is 0 Å². The third-order valence-electron chi connectivity index (χ3n) is 6.81. The fraction of sp³-hybridized carbons (Fsp3) is 0.500. The van der Waals surface area contributed by atoms with E-state index in [0.717, 1.165) is 74.1 Å². The Hall–Kier alpha value is -1.72. The van der Waals surface area contributed by atoms with Crippen LogP contribution in [0.2, 0.25) is 0 Å². The molecule has 0 aromatic heterocycles. The van der Waals surface area contributed by atoms with Crippen molar-refractivity contribution in [2.24, 2.45) is 0 Å². The zero-order valence-electron chi connectivity index (χ0n) is 17.1. The molecular weight excluding hydrogens is 348 g/mol. The molecule has 0 amide bonds. The SMILES string of the molecule is CN1CCC(O)(c2ccc(-c3ccc(C4(O)CCN(C)CC4)cc3)cc2)CC1. The van der Waals surface area contributed by atoms with E-state index < -0.39 is 11.2 Å². The Balaban J connectivity index is 1.49. The first-order valence-corrected chi connectivity index (χ1v) is 10.4. The molecule has 2 saturated heterocycles. The van der Waals surface area contributed by atoms with E-state index in [9.17, 15) is 10.2 Å². The largest absolute Gasteiger partial charge is 0.385 e. The van der Waals surface area contributed by atoms with Gasteiger partial charge in [-0.05, 0) is 62.0 Å². The first-order valence-electron chi connectivity index (χ1n) is 10.4. The Morgan fingerprint density at radius 1 is 0.571 bits per heavy atom. The summed E-state index contributed by atoms with van der Waals surface area (Å²) in [5.41, 5.74) is 2.91. The van der Waals surface area contributed by atoms with Gasteiger partial charge in [0.15, 0.2) is 0 Å². The molecule has 0 radical (unpaired) electrons. The molecule has 2 heterocycles. The van der Waals surface area contributed by atoms with Crippen LogP contribution in [0.3, 0.4) is 0 Å². The van der Waals surface area contributed by atoms with E-state index in [2.05, 4.69) is 72.4 Å². The summed E-state index contributed by atoms with van der Waals surface area (Å²) in [5, 5.41) is 22.0. The summed E-state index contributed by atoms with van der Waals surface area (Å²) < 4.78 is 0. The van der Waals surface area contributed by atoms with Crippen LogP contribution in [0.5, 0.6) is 0 Å². The number of benzene rings is 2. The van der Waals surface area contributed by atoms with Crippen molar-refractivity contribution >= 4 is 0 Å². The van der Waals surface area contributed by atoms with E-state index in [1.54, 1.807) is 0 Å². The zero-order chi connectivity index (χ0) is 19.8. The van der Waals surface area contributed by atoms with Crippen molar-refractivity contribution in [2.45, 2.75) is 36.9 Å². The Bertz CT molecular complexity index is 715. The summed E-state index contributed by atoms with van der Waals surface area (Å²) in [6, 6.07) is 16.7. The van der Waals surface area contributed by atoms with E-state index in [1.807, 2.05) is 0 Å². The van der Waals surface area contributed by atoms with Gasteiger partial charge in [-0.2, -0.15) is 0 Å². The molecule has 0 bridgehead atoms. The molecule has 150 valence electrons. The maximum Gasteiger partial charge on any atom is 0.0920 e. The smallest absolute Gasteiger partial charge is 0.0920 e. The van der Waals surface area contributed by atoms with Crippen molar-refractivity contribution in [1.82, 2.24) is 9.80 Å². The van der Waals surface area contributed by atoms with Crippen molar-refractivity contribution < 1.29 is 10.2 Å². The Morgan fingerprint density at radius 2 is 0.857 bits per heavy atom. The lowest BCUT2D eigenvalue weighted by atomic mass is 9.83. The minimum atomic E-state index is -0.702. The number of aliphatic hydroxyl groups is 2. The van der Waals surface area contributed by atoms with E-state index in [-0.39, 0.29) is 0 Å². The highest BCUT2D eigenvalue weighted by Gasteiger charge is 2.34. The number of hydrogen-bond donors (Lipinski definition) is 2. The molecule has 2 aromatic rings. The second-order valence-electron chi connectivity index (χ2n) is 8.82. The topological polar surface area (TPSA) is 46.9 Å². The maximum atomic E-state index is 11.0. The van der Waals surface area contributed by atoms with E-state index in [0.29, 0.717) is 0 Å². The van der Waals surface area contributed by atoms with Gasteiger partial charge >= 0.3 is 0 Å². The standard InChI is InChI=1S/C24H32N2O2/c1-25-15-11-23(27,12-16-25)21-7-3-19(4-8-21)20-5-9-22(10-6-20)24(28)13-17-26(2)18-14-24/h3-10,27-28H,11-18H2,1-2H3. The molecular formula is C24H32N2O2. The lowest BCUT2D eigenvalue weighted by Gasteiger charge is -2.37. The predicted octanol–water partition coefficient (Wildman–Crippen LogP) is 3.18. The molecule has 0 aliphatic carbocycles. The molecule has 0 atom stereocenters. The number of likely N-dealkylation sites (tertiary alicyclic amines) is 2. The van der Waals surface area contributed by atoms with Gasteiger partial charge in [-0.1, -0.05) is 48.5 Å². The van der Waals surface area contributed by atoms with Crippen LogP contribution in [0, 0.1) is 0 Å². The van der Waals surface area contributed by atoms with Crippen molar-refractivity contribution in [3.63, 3.8) is 0 Å². The van der Waals surface area contributed by atoms with E-state index >= 15 is 0 Å². The molecule has 0 saturated carbocycles. The van der Waals surface area contributed by atoms with Crippen LogP contribution in [-0.4, -0.2) is 60.3 Å². The van der Waals surface area contributed by atoms with Crippen molar-refractivity contribution in [3.05, 3.63) is 59.7 Å². The highest BCUT2D eigenvalue weighted by Crippen LogP contribution is 2.35. The molecule has 0 unspecified atom stereocenters. The van der Waals surface area contributed by atoms with Gasteiger partial charge in [0.2, 0.25) is 0 Å². The average Bonchev–Trinajstić information content (AvgIpc) is 2.73. The fourth-order valence-corrected chi connectivity index (χ4v) is 4.50. The van der Waals surface area contributed by atoms with Gasteiger partial charge in [0.05, 0.1) is 11.2 Å². The average molecular weight is 381 g/mol. The van der Waals surface area contributed by atoms with Gasteiger partial charge in [-0.15, -0.1) is 0 Å². The molecule has 4 rings (SSSR count). The molecule has 2 aliphatic rings. The summed E-state index contributed by atoms with van der Waals surface area (Å²) >= 11 is 0. The summed E-state index contributed by atoms with van der Waals surface area (Å²) in [6.07, 6.45) is 3.13. The molecule has 2 N–H and O–H groups in total. The molecule has 2 aliphatic heterocycles. The highest BCUT2D eigenvalue weighted by atomic mass is 16.3. The second kappa shape index (κ2) is 7.60. The first-order chi connectivity index (χ1) is 13.4. The van der Waals surface area contributed by atoms with Crippen LogP contribution in [0.4, 0.5) is 0 Å². The third-order valence-corrected chi connectivity index (χ3v) is 6.81. The highest BCUT2D eigenvalue weighted by molar-refractivity contribution is 5.64. The van der Waals surface area contributed by atoms with Crippen molar-refractivity contribution in [2.75, 3.05) is 40.3 Å². The van der Waals surface area contributed by atoms with Crippen LogP contribution in [0.1, 0.15) is 36.8 Å². The summed E-state index contributed by atoms with van der Waals surface area (Å²) in [4.78, 5) is 4.53. The molecule has 4 heteroatoms. The number of piperidine rings is 2. The minimum absolute atomic E-state index is 0.702. The molecule has 2 aromatic carbocycles. The first kappa shape index (κ1) is 19.6. The van der Waals surface area contributed by atoms with Crippen LogP contribution in [-0.2, 0) is 11.2 Å². The molecule has 0 spiro atoms. The van der Waals surface area contributed by atoms with Crippen LogP contribution < -0.4 is 0 Å². The number of hydrogen-bond acceptors (Lipinski definition) is 4. The van der Waals surface area contributed by atoms with Gasteiger partial charge in [0.25, 0.3) is 0 Å². The summed E-state index contributed by atoms with van der Waals surface area (Å²) in [7, 11) is 4.21. The van der Waals surface area contributed by atoms with Crippen molar-refractivity contribution in [1.29, 1.82) is 0 Å². The monoisotopic (exact) mass is 380 g/mol. The Morgan fingerprint density at radius 3 is 1.14 bits per heavy atom. The lowest BCUT2D eigenvalue weighted by Crippen LogP contribution is -2.40. The summed E-state index contributed by atoms with van der Waals surface area (Å²) in [5.74, 6) is 0. The minimum Gasteiger partial charge on any atom is -0.385 e. The Labute approximate surface area is 168 Å². The summed E-state index contributed by atoms with van der Waals surface area (Å²) in [6.45, 7) is 3.72. The normalized spacial score (nSPS) is 22.9. The second-order valence-corrected chi connectivity index (χ2v) is 8.82. The van der Waals surface area contributed by atoms with Crippen LogP contribution in [0.15, 0.2) is 48.5 Å². The fourth-order valence-electron chi connectivity index (χ4n) is 4.50. The number of rotatable bonds is 3. The van der Waals surface area contributed by atoms with Gasteiger partial charge in [-0.3, -0.25) is 0 Å². The molecule has 2 fully saturated rings. The van der Waals surface area contributed by atoms with Crippen LogP contribution in [0.25, 0.3) is 11.1 Å². The van der Waals surface area contributed by atoms with E-state index in [1.165, 1.54) is 0 Å². The lowest BCUT2D eigenvalue weighted by molar-refractivity contribution is -0.0206. The van der Waals surface area contributed by atoms with Gasteiger partial charge < -0.3 is 20.0 Å². The number of nitrogens with zero attached hydrogens (tertiary/aromatic N) is 2. The third kappa shape index (κ3) is 3.87. The zero-order valence-corrected chi connectivity index (χ0v) is 17.1. The molecule has 28 heavy (non-hydrogen) atoms. The van der Waals surface area contributed by atoms with Gasteiger partial charge in [0.1, 0.15) is 0 Å². The van der Waals surface area contributed by atoms with Crippen LogP contribution >= 0.6 is 0 Å². The molecule has 4 nitrogen and oxygen atoms in total. The predicted molar refractivity (Wildman–Crippen MR) is 113 cm³/mol.